The predicted molar refractivity (Wildman–Crippen MR) is 68.1 cm³/mol. The maximum atomic E-state index is 12.0. The number of hydrogen-bond acceptors (Lipinski definition) is 4. The van der Waals surface area contributed by atoms with Crippen molar-refractivity contribution in [2.24, 2.45) is 5.92 Å². The Morgan fingerprint density at radius 2 is 2.17 bits per heavy atom. The molecule has 0 fully saturated rings. The van der Waals surface area contributed by atoms with Gasteiger partial charge >= 0.3 is 0 Å². The van der Waals surface area contributed by atoms with Crippen LogP contribution in [0, 0.1) is 5.92 Å². The quantitative estimate of drug-likeness (QED) is 0.842. The largest absolute Gasteiger partial charge is 0.396 e. The lowest BCUT2D eigenvalue weighted by Crippen LogP contribution is -2.29. The molecule has 0 radical (unpaired) electrons. The van der Waals surface area contributed by atoms with Crippen LogP contribution in [0.25, 0.3) is 11.0 Å². The van der Waals surface area contributed by atoms with Crippen LogP contribution in [0.2, 0.25) is 0 Å². The van der Waals surface area contributed by atoms with E-state index in [9.17, 15) is 4.79 Å². The number of benzene rings is 1. The zero-order valence-corrected chi connectivity index (χ0v) is 10.1. The number of nitrogens with one attached hydrogen (secondary N) is 1. The smallest absolute Gasteiger partial charge is 0.253 e. The molecule has 0 saturated carbocycles. The Balaban J connectivity index is 2.22. The number of carbonyl (C=O) groups is 1. The lowest BCUT2D eigenvalue weighted by molar-refractivity contribution is 0.0944. The number of hydrogen-bond donors (Lipinski definition) is 2. The molecular weight excluding hydrogens is 230 g/mol. The van der Waals surface area contributed by atoms with E-state index in [0.29, 0.717) is 23.1 Å². The maximum absolute atomic E-state index is 12.0. The first-order chi connectivity index (χ1) is 8.72. The first-order valence-corrected chi connectivity index (χ1v) is 5.81. The average Bonchev–Trinajstić information content (AvgIpc) is 2.43. The Bertz CT molecular complexity index is 551. The highest BCUT2D eigenvalue weighted by atomic mass is 16.3. The number of aliphatic hydroxyl groups is 1. The summed E-state index contributed by atoms with van der Waals surface area (Å²) in [6.45, 7) is 2.35. The van der Waals surface area contributed by atoms with Gasteiger partial charge in [0.05, 0.1) is 11.1 Å². The fourth-order valence-electron chi connectivity index (χ4n) is 1.60. The van der Waals surface area contributed by atoms with Gasteiger partial charge in [-0.3, -0.25) is 14.8 Å². The van der Waals surface area contributed by atoms with E-state index in [2.05, 4.69) is 15.3 Å². The topological polar surface area (TPSA) is 75.1 Å². The number of nitrogens with zero attached hydrogens (tertiary/aromatic N) is 2. The van der Waals surface area contributed by atoms with Crippen molar-refractivity contribution < 1.29 is 9.90 Å². The predicted octanol–water partition coefficient (Wildman–Crippen LogP) is 0.988. The number of fused-ring (bicyclic) bond motifs is 1. The summed E-state index contributed by atoms with van der Waals surface area (Å²) in [4.78, 5) is 20.3. The molecule has 2 N–H and O–H groups in total. The third-order valence-corrected chi connectivity index (χ3v) is 2.67. The van der Waals surface area contributed by atoms with Gasteiger partial charge in [0.25, 0.3) is 5.91 Å². The number of amides is 1. The van der Waals surface area contributed by atoms with E-state index in [1.54, 1.807) is 24.5 Å². The monoisotopic (exact) mass is 245 g/mol. The van der Waals surface area contributed by atoms with Crippen molar-refractivity contribution in [1.29, 1.82) is 0 Å². The van der Waals surface area contributed by atoms with Crippen LogP contribution in [0.15, 0.2) is 30.6 Å². The molecule has 94 valence electrons. The van der Waals surface area contributed by atoms with Crippen molar-refractivity contribution in [2.45, 2.75) is 6.92 Å². The van der Waals surface area contributed by atoms with E-state index >= 15 is 0 Å². The third kappa shape index (κ3) is 2.62. The zero-order valence-electron chi connectivity index (χ0n) is 10.1. The molecule has 5 nitrogen and oxygen atoms in total. The van der Waals surface area contributed by atoms with Crippen LogP contribution < -0.4 is 5.32 Å². The van der Waals surface area contributed by atoms with Crippen molar-refractivity contribution in [2.75, 3.05) is 13.2 Å². The molecule has 0 aliphatic carbocycles. The van der Waals surface area contributed by atoms with Gasteiger partial charge in [-0.05, 0) is 18.1 Å². The van der Waals surface area contributed by atoms with Crippen molar-refractivity contribution in [3.63, 3.8) is 0 Å². The summed E-state index contributed by atoms with van der Waals surface area (Å²) in [6.07, 6.45) is 3.16. The molecule has 0 saturated heterocycles. The van der Waals surface area contributed by atoms with Crippen LogP contribution in [0.3, 0.4) is 0 Å². The molecule has 2 aromatic rings. The Morgan fingerprint density at radius 3 is 2.94 bits per heavy atom. The summed E-state index contributed by atoms with van der Waals surface area (Å²) >= 11 is 0. The minimum atomic E-state index is -0.193. The Morgan fingerprint density at radius 1 is 1.39 bits per heavy atom. The highest BCUT2D eigenvalue weighted by molar-refractivity contribution is 6.04. The first-order valence-electron chi connectivity index (χ1n) is 5.81. The van der Waals surface area contributed by atoms with Crippen LogP contribution in [0.4, 0.5) is 0 Å². The van der Waals surface area contributed by atoms with Gasteiger partial charge in [-0.1, -0.05) is 13.0 Å². The molecule has 1 heterocycles. The van der Waals surface area contributed by atoms with E-state index in [4.69, 9.17) is 5.11 Å². The molecule has 1 aromatic heterocycles. The van der Waals surface area contributed by atoms with Gasteiger partial charge in [0.1, 0.15) is 5.52 Å². The molecule has 0 aliphatic heterocycles. The Kier molecular flexibility index (Phi) is 3.84. The van der Waals surface area contributed by atoms with Gasteiger partial charge in [0.15, 0.2) is 0 Å². The van der Waals surface area contributed by atoms with E-state index in [1.165, 1.54) is 0 Å². The Hall–Kier alpha value is -2.01. The number of aromatic nitrogens is 2. The van der Waals surface area contributed by atoms with E-state index in [-0.39, 0.29) is 18.4 Å². The second-order valence-electron chi connectivity index (χ2n) is 4.23. The Labute approximate surface area is 105 Å². The normalized spacial score (nSPS) is 12.3. The molecule has 0 spiro atoms. The highest BCUT2D eigenvalue weighted by Crippen LogP contribution is 2.13. The number of aliphatic hydroxyl groups excluding tert-OH is 1. The summed E-state index contributed by atoms with van der Waals surface area (Å²) in [5.41, 5.74) is 1.79. The lowest BCUT2D eigenvalue weighted by atomic mass is 10.1. The van der Waals surface area contributed by atoms with Gasteiger partial charge < -0.3 is 10.4 Å². The molecule has 1 aromatic carbocycles. The van der Waals surface area contributed by atoms with Crippen molar-refractivity contribution in [3.05, 3.63) is 36.2 Å². The van der Waals surface area contributed by atoms with Gasteiger partial charge in [0.2, 0.25) is 0 Å². The van der Waals surface area contributed by atoms with E-state index in [0.717, 1.165) is 0 Å². The van der Waals surface area contributed by atoms with Crippen molar-refractivity contribution in [3.8, 4) is 0 Å². The number of para-hydroxylation sites is 1. The molecular formula is C13H15N3O2. The minimum Gasteiger partial charge on any atom is -0.396 e. The molecule has 1 amide bonds. The molecule has 1 unspecified atom stereocenters. The maximum Gasteiger partial charge on any atom is 0.253 e. The molecule has 2 rings (SSSR count). The summed E-state index contributed by atoms with van der Waals surface area (Å²) in [5, 5.41) is 11.7. The summed E-state index contributed by atoms with van der Waals surface area (Å²) in [7, 11) is 0. The van der Waals surface area contributed by atoms with Crippen LogP contribution in [0.5, 0.6) is 0 Å². The van der Waals surface area contributed by atoms with Crippen molar-refractivity contribution in [1.82, 2.24) is 15.3 Å². The zero-order chi connectivity index (χ0) is 13.0. The average molecular weight is 245 g/mol. The van der Waals surface area contributed by atoms with E-state index in [1.807, 2.05) is 13.0 Å². The number of carbonyl (C=O) groups excluding carboxylic acids is 1. The molecule has 18 heavy (non-hydrogen) atoms. The highest BCUT2D eigenvalue weighted by Gasteiger charge is 2.11. The fraction of sp³-hybridized carbons (Fsp3) is 0.308. The molecule has 0 aliphatic rings. The fourth-order valence-corrected chi connectivity index (χ4v) is 1.60. The molecule has 0 bridgehead atoms. The van der Waals surface area contributed by atoms with Gasteiger partial charge in [-0.2, -0.15) is 0 Å². The molecule has 5 heteroatoms. The van der Waals surface area contributed by atoms with Gasteiger partial charge in [-0.25, -0.2) is 0 Å². The number of rotatable bonds is 4. The second-order valence-corrected chi connectivity index (χ2v) is 4.23. The molecule has 1 atom stereocenters. The standard InChI is InChI=1S/C13H15N3O2/c1-9(8-17)7-16-13(18)10-3-2-4-11-12(10)15-6-5-14-11/h2-6,9,17H,7-8H2,1H3,(H,16,18). The van der Waals surface area contributed by atoms with Gasteiger partial charge in [0, 0.05) is 25.5 Å². The summed E-state index contributed by atoms with van der Waals surface area (Å²) in [5.74, 6) is -0.156. The summed E-state index contributed by atoms with van der Waals surface area (Å²) in [6, 6.07) is 5.31. The van der Waals surface area contributed by atoms with Crippen molar-refractivity contribution >= 4 is 16.9 Å². The summed E-state index contributed by atoms with van der Waals surface area (Å²) < 4.78 is 0. The first kappa shape index (κ1) is 12.4. The van der Waals surface area contributed by atoms with Crippen LogP contribution >= 0.6 is 0 Å². The van der Waals surface area contributed by atoms with Crippen LogP contribution in [-0.2, 0) is 0 Å². The SMILES string of the molecule is CC(CO)CNC(=O)c1cccc2nccnc12. The van der Waals surface area contributed by atoms with Crippen LogP contribution in [0.1, 0.15) is 17.3 Å². The lowest BCUT2D eigenvalue weighted by Gasteiger charge is -2.10. The minimum absolute atomic E-state index is 0.0370. The van der Waals surface area contributed by atoms with E-state index < -0.39 is 0 Å². The van der Waals surface area contributed by atoms with Crippen LogP contribution in [-0.4, -0.2) is 34.1 Å². The van der Waals surface area contributed by atoms with Gasteiger partial charge in [-0.15, -0.1) is 0 Å². The second kappa shape index (κ2) is 5.55. The third-order valence-electron chi connectivity index (χ3n) is 2.67.